The fourth-order valence-electron chi connectivity index (χ4n) is 4.00. The molecule has 0 aromatic rings. The minimum absolute atomic E-state index is 0.409. The molecule has 1 aliphatic carbocycles. The first-order chi connectivity index (χ1) is 9.48. The van der Waals surface area contributed by atoms with E-state index in [2.05, 4.69) is 29.1 Å². The zero-order valence-electron chi connectivity index (χ0n) is 13.1. The molecule has 3 unspecified atom stereocenters. The Morgan fingerprint density at radius 1 is 1.45 bits per heavy atom. The molecule has 1 aliphatic heterocycles. The maximum absolute atomic E-state index is 11.7. The molecular formula is C15H29N3O2. The van der Waals surface area contributed by atoms with E-state index in [9.17, 15) is 9.90 Å². The second-order valence-corrected chi connectivity index (χ2v) is 6.52. The molecule has 2 N–H and O–H groups in total. The third kappa shape index (κ3) is 3.15. The Balaban J connectivity index is 2.05. The van der Waals surface area contributed by atoms with Gasteiger partial charge < -0.3 is 15.3 Å². The second kappa shape index (κ2) is 6.41. The number of carboxylic acid groups (broad SMARTS) is 1. The number of hydrogen-bond donors (Lipinski definition) is 2. The van der Waals surface area contributed by atoms with Gasteiger partial charge in [-0.2, -0.15) is 0 Å². The summed E-state index contributed by atoms with van der Waals surface area (Å²) in [6.45, 7) is 8.30. The fraction of sp³-hybridized carbons (Fsp3) is 0.933. The molecule has 20 heavy (non-hydrogen) atoms. The fourth-order valence-corrected chi connectivity index (χ4v) is 4.00. The number of nitrogens with zero attached hydrogens (tertiary/aromatic N) is 2. The standard InChI is InChI=1S/C15H29N3O2/c1-4-16-15(14(19)20)7-6-13(10-15)18-9-5-8-17(3)11-12(18)2/h12-13,16H,4-11H2,1-3H3,(H,19,20). The molecule has 2 aliphatic rings. The average Bonchev–Trinajstić information content (AvgIpc) is 2.72. The minimum atomic E-state index is -0.697. The highest BCUT2D eigenvalue weighted by atomic mass is 16.4. The summed E-state index contributed by atoms with van der Waals surface area (Å²) < 4.78 is 0. The van der Waals surface area contributed by atoms with E-state index in [1.165, 1.54) is 6.42 Å². The Labute approximate surface area is 122 Å². The predicted octanol–water partition coefficient (Wildman–Crippen LogP) is 0.998. The summed E-state index contributed by atoms with van der Waals surface area (Å²) in [6, 6.07) is 0.922. The van der Waals surface area contributed by atoms with Crippen molar-refractivity contribution < 1.29 is 9.90 Å². The van der Waals surface area contributed by atoms with Gasteiger partial charge in [0, 0.05) is 18.6 Å². The summed E-state index contributed by atoms with van der Waals surface area (Å²) >= 11 is 0. The van der Waals surface area contributed by atoms with Gasteiger partial charge in [-0.05, 0) is 59.3 Å². The number of nitrogens with one attached hydrogen (secondary N) is 1. The molecule has 0 radical (unpaired) electrons. The Kier molecular flexibility index (Phi) is 5.04. The molecule has 0 aromatic heterocycles. The van der Waals surface area contributed by atoms with Crippen LogP contribution in [0, 0.1) is 0 Å². The van der Waals surface area contributed by atoms with Crippen molar-refractivity contribution in [2.75, 3.05) is 33.2 Å². The van der Waals surface area contributed by atoms with Crippen LogP contribution in [0.5, 0.6) is 0 Å². The van der Waals surface area contributed by atoms with Gasteiger partial charge in [-0.15, -0.1) is 0 Å². The number of likely N-dealkylation sites (N-methyl/N-ethyl adjacent to an activating group) is 2. The van der Waals surface area contributed by atoms with E-state index in [0.717, 1.165) is 45.4 Å². The normalized spacial score (nSPS) is 37.0. The lowest BCUT2D eigenvalue weighted by Crippen LogP contribution is -2.52. The highest BCUT2D eigenvalue weighted by molar-refractivity contribution is 5.79. The lowest BCUT2D eigenvalue weighted by Gasteiger charge is -2.34. The van der Waals surface area contributed by atoms with Crippen LogP contribution in [0.1, 0.15) is 39.5 Å². The van der Waals surface area contributed by atoms with Crippen molar-refractivity contribution in [1.82, 2.24) is 15.1 Å². The van der Waals surface area contributed by atoms with Gasteiger partial charge in [-0.1, -0.05) is 6.92 Å². The van der Waals surface area contributed by atoms with Crippen molar-refractivity contribution in [3.05, 3.63) is 0 Å². The number of aliphatic carboxylic acids is 1. The summed E-state index contributed by atoms with van der Waals surface area (Å²) in [5, 5.41) is 12.8. The van der Waals surface area contributed by atoms with Crippen molar-refractivity contribution in [2.45, 2.75) is 57.2 Å². The molecule has 0 bridgehead atoms. The quantitative estimate of drug-likeness (QED) is 0.806. The number of carboxylic acids is 1. The van der Waals surface area contributed by atoms with Gasteiger partial charge in [0.25, 0.3) is 0 Å². The molecule has 2 fully saturated rings. The predicted molar refractivity (Wildman–Crippen MR) is 80.0 cm³/mol. The van der Waals surface area contributed by atoms with Gasteiger partial charge in [0.15, 0.2) is 0 Å². The summed E-state index contributed by atoms with van der Waals surface area (Å²) in [4.78, 5) is 16.6. The van der Waals surface area contributed by atoms with Crippen LogP contribution >= 0.6 is 0 Å². The summed E-state index contributed by atoms with van der Waals surface area (Å²) in [6.07, 6.45) is 3.66. The van der Waals surface area contributed by atoms with Gasteiger partial charge >= 0.3 is 5.97 Å². The molecule has 3 atom stereocenters. The molecular weight excluding hydrogens is 254 g/mol. The van der Waals surface area contributed by atoms with E-state index in [1.807, 2.05) is 6.92 Å². The molecule has 0 amide bonds. The van der Waals surface area contributed by atoms with Crippen molar-refractivity contribution in [1.29, 1.82) is 0 Å². The molecule has 0 spiro atoms. The van der Waals surface area contributed by atoms with E-state index in [0.29, 0.717) is 12.1 Å². The molecule has 116 valence electrons. The van der Waals surface area contributed by atoms with E-state index in [1.54, 1.807) is 0 Å². The maximum Gasteiger partial charge on any atom is 0.323 e. The third-order valence-electron chi connectivity index (χ3n) is 4.98. The van der Waals surface area contributed by atoms with Crippen LogP contribution < -0.4 is 5.32 Å². The van der Waals surface area contributed by atoms with E-state index in [-0.39, 0.29) is 0 Å². The van der Waals surface area contributed by atoms with Crippen molar-refractivity contribution in [2.24, 2.45) is 0 Å². The van der Waals surface area contributed by atoms with Crippen LogP contribution in [0.4, 0.5) is 0 Å². The average molecular weight is 283 g/mol. The van der Waals surface area contributed by atoms with E-state index in [4.69, 9.17) is 0 Å². The second-order valence-electron chi connectivity index (χ2n) is 6.52. The molecule has 1 saturated heterocycles. The topological polar surface area (TPSA) is 55.8 Å². The molecule has 2 rings (SSSR count). The summed E-state index contributed by atoms with van der Waals surface area (Å²) in [5.74, 6) is -0.679. The smallest absolute Gasteiger partial charge is 0.323 e. The van der Waals surface area contributed by atoms with Crippen LogP contribution in [0.15, 0.2) is 0 Å². The van der Waals surface area contributed by atoms with Crippen molar-refractivity contribution >= 4 is 5.97 Å². The molecule has 1 saturated carbocycles. The monoisotopic (exact) mass is 283 g/mol. The first kappa shape index (κ1) is 15.7. The minimum Gasteiger partial charge on any atom is -0.480 e. The first-order valence-electron chi connectivity index (χ1n) is 7.91. The first-order valence-corrected chi connectivity index (χ1v) is 7.91. The zero-order chi connectivity index (χ0) is 14.8. The van der Waals surface area contributed by atoms with Crippen LogP contribution in [0.25, 0.3) is 0 Å². The van der Waals surface area contributed by atoms with Crippen molar-refractivity contribution in [3.63, 3.8) is 0 Å². The van der Waals surface area contributed by atoms with Crippen LogP contribution in [-0.4, -0.2) is 71.7 Å². The van der Waals surface area contributed by atoms with Gasteiger partial charge in [0.05, 0.1) is 0 Å². The summed E-state index contributed by atoms with van der Waals surface area (Å²) in [5.41, 5.74) is -0.697. The Bertz CT molecular complexity index is 350. The van der Waals surface area contributed by atoms with Gasteiger partial charge in [-0.25, -0.2) is 0 Å². The highest BCUT2D eigenvalue weighted by Crippen LogP contribution is 2.35. The number of carbonyl (C=O) groups is 1. The van der Waals surface area contributed by atoms with E-state index < -0.39 is 11.5 Å². The van der Waals surface area contributed by atoms with Crippen LogP contribution in [0.3, 0.4) is 0 Å². The van der Waals surface area contributed by atoms with Gasteiger partial charge in [-0.3, -0.25) is 9.69 Å². The Hall–Kier alpha value is -0.650. The molecule has 5 heteroatoms. The zero-order valence-corrected chi connectivity index (χ0v) is 13.1. The van der Waals surface area contributed by atoms with Crippen molar-refractivity contribution in [3.8, 4) is 0 Å². The highest BCUT2D eigenvalue weighted by Gasteiger charge is 2.47. The number of hydrogen-bond acceptors (Lipinski definition) is 4. The SMILES string of the molecule is CCNC1(C(=O)O)CCC(N2CCCN(C)CC2C)C1. The van der Waals surface area contributed by atoms with E-state index >= 15 is 0 Å². The maximum atomic E-state index is 11.7. The lowest BCUT2D eigenvalue weighted by molar-refractivity contribution is -0.144. The van der Waals surface area contributed by atoms with Gasteiger partial charge in [0.1, 0.15) is 5.54 Å². The van der Waals surface area contributed by atoms with Crippen LogP contribution in [0.2, 0.25) is 0 Å². The molecule has 0 aromatic carbocycles. The summed E-state index contributed by atoms with van der Waals surface area (Å²) in [7, 11) is 2.18. The Morgan fingerprint density at radius 3 is 2.85 bits per heavy atom. The molecule has 1 heterocycles. The lowest BCUT2D eigenvalue weighted by atomic mass is 9.97. The third-order valence-corrected chi connectivity index (χ3v) is 4.98. The largest absolute Gasteiger partial charge is 0.480 e. The van der Waals surface area contributed by atoms with Crippen LogP contribution in [-0.2, 0) is 4.79 Å². The molecule has 5 nitrogen and oxygen atoms in total. The van der Waals surface area contributed by atoms with Gasteiger partial charge in [0.2, 0.25) is 0 Å². The number of rotatable bonds is 4. The Morgan fingerprint density at radius 2 is 2.20 bits per heavy atom.